The highest BCUT2D eigenvalue weighted by Gasteiger charge is 2.19. The molecule has 0 atom stereocenters. The van der Waals surface area contributed by atoms with E-state index in [-0.39, 0.29) is 5.56 Å². The van der Waals surface area contributed by atoms with Crippen LogP contribution >= 0.6 is 27.3 Å². The second-order valence-corrected chi connectivity index (χ2v) is 9.43. The van der Waals surface area contributed by atoms with Crippen LogP contribution in [0.2, 0.25) is 0 Å². The van der Waals surface area contributed by atoms with Gasteiger partial charge in [-0.25, -0.2) is 9.36 Å². The smallest absolute Gasteiger partial charge is 0.336 e. The summed E-state index contributed by atoms with van der Waals surface area (Å²) in [7, 11) is 1.61. The van der Waals surface area contributed by atoms with E-state index < -0.39 is 5.69 Å². The molecule has 0 saturated heterocycles. The van der Waals surface area contributed by atoms with Crippen LogP contribution in [0.25, 0.3) is 26.7 Å². The summed E-state index contributed by atoms with van der Waals surface area (Å²) in [6, 6.07) is 16.9. The van der Waals surface area contributed by atoms with Crippen LogP contribution in [0.3, 0.4) is 0 Å². The van der Waals surface area contributed by atoms with E-state index in [1.807, 2.05) is 54.6 Å². The number of hydrogen-bond acceptors (Lipinski definition) is 5. The molecule has 0 aliphatic rings. The van der Waals surface area contributed by atoms with Crippen LogP contribution in [0.5, 0.6) is 5.75 Å². The Morgan fingerprint density at radius 3 is 2.61 bits per heavy atom. The molecule has 0 aliphatic carbocycles. The summed E-state index contributed by atoms with van der Waals surface area (Å²) in [6.45, 7) is 0.320. The molecular weight excluding hydrogens is 478 g/mol. The molecule has 0 saturated carbocycles. The largest absolute Gasteiger partial charge is 0.497 e. The molecule has 0 N–H and O–H groups in total. The lowest BCUT2D eigenvalue weighted by Gasteiger charge is -2.14. The minimum absolute atomic E-state index is 0.320. The number of nitrogens with zero attached hydrogens (tertiary/aromatic N) is 3. The van der Waals surface area contributed by atoms with Gasteiger partial charge in [-0.15, -0.1) is 11.3 Å². The number of fused-ring (bicyclic) bond motifs is 2. The highest BCUT2D eigenvalue weighted by atomic mass is 79.9. The van der Waals surface area contributed by atoms with Crippen molar-refractivity contribution in [3.63, 3.8) is 0 Å². The minimum atomic E-state index is -0.406. The molecule has 0 radical (unpaired) electrons. The number of aromatic nitrogens is 3. The minimum Gasteiger partial charge on any atom is -0.497 e. The van der Waals surface area contributed by atoms with Gasteiger partial charge in [0.25, 0.3) is 5.56 Å². The lowest BCUT2D eigenvalue weighted by atomic mass is 10.1. The fourth-order valence-corrected chi connectivity index (χ4v) is 5.20. The molecule has 0 bridgehead atoms. The standard InChI is InChI=1S/C23H16BrN3O3S/c1-30-16-8-6-14(7-9-16)13-26-18-10-20(24)31-21(18)22(28)27(23(26)29)19-12-25-11-15-4-2-3-5-17(15)19/h2-12H,13H2,1H3. The van der Waals surface area contributed by atoms with E-state index in [9.17, 15) is 9.59 Å². The molecule has 0 spiro atoms. The van der Waals surface area contributed by atoms with Gasteiger partial charge < -0.3 is 4.74 Å². The van der Waals surface area contributed by atoms with Crippen LogP contribution < -0.4 is 16.0 Å². The van der Waals surface area contributed by atoms with Gasteiger partial charge in [0.2, 0.25) is 0 Å². The Morgan fingerprint density at radius 1 is 1.06 bits per heavy atom. The molecule has 154 valence electrons. The summed E-state index contributed by atoms with van der Waals surface area (Å²) in [4.78, 5) is 31.3. The monoisotopic (exact) mass is 493 g/mol. The molecule has 2 aromatic carbocycles. The van der Waals surface area contributed by atoms with Crippen LogP contribution in [-0.2, 0) is 6.54 Å². The van der Waals surface area contributed by atoms with Gasteiger partial charge in [0.05, 0.1) is 34.8 Å². The lowest BCUT2D eigenvalue weighted by molar-refractivity contribution is 0.414. The van der Waals surface area contributed by atoms with E-state index >= 15 is 0 Å². The Bertz CT molecular complexity index is 1550. The molecule has 3 aromatic heterocycles. The van der Waals surface area contributed by atoms with Crippen LogP contribution in [0.4, 0.5) is 0 Å². The topological polar surface area (TPSA) is 66.1 Å². The highest BCUT2D eigenvalue weighted by Crippen LogP contribution is 2.28. The number of methoxy groups -OCH3 is 1. The van der Waals surface area contributed by atoms with Crippen molar-refractivity contribution in [2.75, 3.05) is 7.11 Å². The molecule has 0 unspecified atom stereocenters. The number of thiophene rings is 1. The predicted molar refractivity (Wildman–Crippen MR) is 127 cm³/mol. The zero-order valence-electron chi connectivity index (χ0n) is 16.4. The van der Waals surface area contributed by atoms with E-state index in [4.69, 9.17) is 4.74 Å². The van der Waals surface area contributed by atoms with E-state index in [0.717, 1.165) is 25.9 Å². The Balaban J connectivity index is 1.80. The van der Waals surface area contributed by atoms with Crippen molar-refractivity contribution in [2.45, 2.75) is 6.54 Å². The fourth-order valence-electron chi connectivity index (χ4n) is 3.68. The van der Waals surface area contributed by atoms with E-state index in [1.165, 1.54) is 15.9 Å². The molecule has 6 nitrogen and oxygen atoms in total. The Kier molecular flexibility index (Phi) is 4.95. The van der Waals surface area contributed by atoms with Crippen molar-refractivity contribution in [3.8, 4) is 11.4 Å². The van der Waals surface area contributed by atoms with Gasteiger partial charge in [-0.1, -0.05) is 36.4 Å². The Hall–Kier alpha value is -3.23. The average Bonchev–Trinajstić information content (AvgIpc) is 3.19. The number of hydrogen-bond donors (Lipinski definition) is 0. The van der Waals surface area contributed by atoms with Gasteiger partial charge in [0, 0.05) is 17.0 Å². The number of pyridine rings is 1. The number of benzene rings is 2. The normalized spacial score (nSPS) is 11.3. The van der Waals surface area contributed by atoms with Crippen LogP contribution in [-0.4, -0.2) is 21.2 Å². The van der Waals surface area contributed by atoms with Gasteiger partial charge in [-0.3, -0.25) is 14.3 Å². The number of rotatable bonds is 4. The highest BCUT2D eigenvalue weighted by molar-refractivity contribution is 9.11. The number of halogens is 1. The average molecular weight is 494 g/mol. The third kappa shape index (κ3) is 3.37. The molecule has 5 aromatic rings. The molecule has 3 heterocycles. The first-order valence-electron chi connectivity index (χ1n) is 9.48. The first-order valence-corrected chi connectivity index (χ1v) is 11.1. The third-order valence-electron chi connectivity index (χ3n) is 5.18. The summed E-state index contributed by atoms with van der Waals surface area (Å²) in [5.41, 5.74) is 1.25. The van der Waals surface area contributed by atoms with Gasteiger partial charge in [0.1, 0.15) is 10.4 Å². The Morgan fingerprint density at radius 2 is 1.84 bits per heavy atom. The van der Waals surface area contributed by atoms with Crippen LogP contribution in [0, 0.1) is 0 Å². The fraction of sp³-hybridized carbons (Fsp3) is 0.0870. The summed E-state index contributed by atoms with van der Waals surface area (Å²) in [5.74, 6) is 0.742. The second kappa shape index (κ2) is 7.79. The van der Waals surface area contributed by atoms with Crippen LogP contribution in [0.15, 0.2) is 80.4 Å². The SMILES string of the molecule is COc1ccc(Cn2c(=O)n(-c3cncc4ccccc34)c(=O)c3sc(Br)cc32)cc1. The van der Waals surface area contributed by atoms with Crippen molar-refractivity contribution in [1.29, 1.82) is 0 Å². The van der Waals surface area contributed by atoms with Crippen molar-refractivity contribution < 1.29 is 4.74 Å². The summed E-state index contributed by atoms with van der Waals surface area (Å²) in [6.07, 6.45) is 3.29. The third-order valence-corrected chi connectivity index (χ3v) is 6.80. The van der Waals surface area contributed by atoms with E-state index in [1.54, 1.807) is 24.1 Å². The molecule has 0 aliphatic heterocycles. The zero-order chi connectivity index (χ0) is 21.5. The molecule has 5 rings (SSSR count). The van der Waals surface area contributed by atoms with Gasteiger partial charge in [-0.05, 0) is 39.7 Å². The maximum atomic E-state index is 13.6. The van der Waals surface area contributed by atoms with Gasteiger partial charge in [-0.2, -0.15) is 0 Å². The lowest BCUT2D eigenvalue weighted by Crippen LogP contribution is -2.38. The molecule has 0 amide bonds. The van der Waals surface area contributed by atoms with Crippen molar-refractivity contribution in [3.05, 3.63) is 97.2 Å². The quantitative estimate of drug-likeness (QED) is 0.367. The molecule has 8 heteroatoms. The summed E-state index contributed by atoms with van der Waals surface area (Å²) < 4.78 is 9.37. The van der Waals surface area contributed by atoms with Gasteiger partial charge >= 0.3 is 5.69 Å². The maximum Gasteiger partial charge on any atom is 0.336 e. The maximum absolute atomic E-state index is 13.6. The zero-order valence-corrected chi connectivity index (χ0v) is 18.8. The Labute approximate surface area is 189 Å². The second-order valence-electron chi connectivity index (χ2n) is 7.00. The first kappa shape index (κ1) is 19.7. The molecule has 0 fully saturated rings. The van der Waals surface area contributed by atoms with E-state index in [0.29, 0.717) is 22.4 Å². The van der Waals surface area contributed by atoms with Crippen molar-refractivity contribution in [1.82, 2.24) is 14.1 Å². The van der Waals surface area contributed by atoms with E-state index in [2.05, 4.69) is 20.9 Å². The van der Waals surface area contributed by atoms with Crippen molar-refractivity contribution in [2.24, 2.45) is 0 Å². The first-order chi connectivity index (χ1) is 15.1. The molecular formula is C23H16BrN3O3S. The van der Waals surface area contributed by atoms with Crippen molar-refractivity contribution >= 4 is 48.3 Å². The predicted octanol–water partition coefficient (Wildman–Crippen LogP) is 4.58. The van der Waals surface area contributed by atoms with Crippen LogP contribution in [0.1, 0.15) is 5.56 Å². The van der Waals surface area contributed by atoms with Gasteiger partial charge in [0.15, 0.2) is 0 Å². The summed E-state index contributed by atoms with van der Waals surface area (Å²) in [5, 5.41) is 1.66. The molecule has 31 heavy (non-hydrogen) atoms. The summed E-state index contributed by atoms with van der Waals surface area (Å²) >= 11 is 4.78. The number of ether oxygens (including phenoxy) is 1.